The topological polar surface area (TPSA) is 76.0 Å². The highest BCUT2D eigenvalue weighted by Crippen LogP contribution is 2.25. The van der Waals surface area contributed by atoms with E-state index in [1.165, 1.54) is 19.3 Å². The van der Waals surface area contributed by atoms with Gasteiger partial charge in [0.15, 0.2) is 0 Å². The van der Waals surface area contributed by atoms with Crippen LogP contribution in [0.4, 0.5) is 5.69 Å². The van der Waals surface area contributed by atoms with Crippen LogP contribution in [0.2, 0.25) is 0 Å². The zero-order valence-electron chi connectivity index (χ0n) is 15.0. The second-order valence-corrected chi connectivity index (χ2v) is 6.95. The predicted molar refractivity (Wildman–Crippen MR) is 101 cm³/mol. The summed E-state index contributed by atoms with van der Waals surface area (Å²) in [5, 5.41) is 9.74. The summed E-state index contributed by atoms with van der Waals surface area (Å²) in [5.74, 6) is 0.205. The summed E-state index contributed by atoms with van der Waals surface area (Å²) in [6.45, 7) is 0.643. The van der Waals surface area contributed by atoms with E-state index in [-0.39, 0.29) is 18.4 Å². The van der Waals surface area contributed by atoms with Crippen molar-refractivity contribution in [1.29, 1.82) is 0 Å². The van der Waals surface area contributed by atoms with Gasteiger partial charge in [-0.3, -0.25) is 14.3 Å². The molecule has 0 saturated heterocycles. The Bertz CT molecular complexity index is 720. The van der Waals surface area contributed by atoms with Crippen molar-refractivity contribution in [3.63, 3.8) is 0 Å². The molecule has 3 rings (SSSR count). The van der Waals surface area contributed by atoms with Gasteiger partial charge in [0.1, 0.15) is 0 Å². The normalized spacial score (nSPS) is 14.8. The monoisotopic (exact) mass is 354 g/mol. The number of benzene rings is 1. The van der Waals surface area contributed by atoms with E-state index in [0.717, 1.165) is 18.4 Å². The third-order valence-electron chi connectivity index (χ3n) is 4.75. The smallest absolute Gasteiger partial charge is 0.243 e. The maximum atomic E-state index is 12.0. The number of carbonyl (C=O) groups is 2. The van der Waals surface area contributed by atoms with Gasteiger partial charge < -0.3 is 10.6 Å². The molecule has 1 saturated carbocycles. The minimum absolute atomic E-state index is 0.00455. The molecule has 0 aliphatic heterocycles. The number of anilines is 1. The molecule has 6 nitrogen and oxygen atoms in total. The lowest BCUT2D eigenvalue weighted by Crippen LogP contribution is -2.34. The minimum atomic E-state index is -0.235. The fourth-order valence-electron chi connectivity index (χ4n) is 3.39. The van der Waals surface area contributed by atoms with Crippen molar-refractivity contribution in [3.05, 3.63) is 48.3 Å². The first-order valence-electron chi connectivity index (χ1n) is 9.32. The van der Waals surface area contributed by atoms with Gasteiger partial charge in [-0.05, 0) is 24.3 Å². The average molecular weight is 354 g/mol. The molecule has 138 valence electrons. The fraction of sp³-hybridized carbons (Fsp3) is 0.450. The largest absolute Gasteiger partial charge is 0.347 e. The number of amides is 2. The Morgan fingerprint density at radius 3 is 2.62 bits per heavy atom. The van der Waals surface area contributed by atoms with E-state index in [9.17, 15) is 9.59 Å². The van der Waals surface area contributed by atoms with Gasteiger partial charge >= 0.3 is 0 Å². The van der Waals surface area contributed by atoms with Gasteiger partial charge in [-0.1, -0.05) is 49.6 Å². The van der Waals surface area contributed by atoms with Gasteiger partial charge in [-0.2, -0.15) is 5.10 Å². The molecule has 0 spiro atoms. The van der Waals surface area contributed by atoms with Crippen LogP contribution < -0.4 is 10.6 Å². The van der Waals surface area contributed by atoms with Crippen LogP contribution in [0.3, 0.4) is 0 Å². The maximum Gasteiger partial charge on any atom is 0.243 e. The van der Waals surface area contributed by atoms with Crippen molar-refractivity contribution in [2.75, 3.05) is 11.9 Å². The molecule has 1 aliphatic carbocycles. The van der Waals surface area contributed by atoms with Crippen LogP contribution >= 0.6 is 0 Å². The Balaban J connectivity index is 1.40. The summed E-state index contributed by atoms with van der Waals surface area (Å²) in [7, 11) is 0. The molecule has 1 fully saturated rings. The fourth-order valence-corrected chi connectivity index (χ4v) is 3.39. The van der Waals surface area contributed by atoms with Crippen molar-refractivity contribution in [1.82, 2.24) is 15.1 Å². The first kappa shape index (κ1) is 18.2. The van der Waals surface area contributed by atoms with Gasteiger partial charge in [0.2, 0.25) is 11.8 Å². The molecule has 2 N–H and O–H groups in total. The molecule has 1 aromatic carbocycles. The molecular formula is C20H26N4O2. The van der Waals surface area contributed by atoms with E-state index in [1.54, 1.807) is 17.1 Å². The lowest BCUT2D eigenvalue weighted by atomic mass is 9.87. The van der Waals surface area contributed by atoms with E-state index in [4.69, 9.17) is 0 Å². The molecular weight excluding hydrogens is 328 g/mol. The number of hydrogen-bond donors (Lipinski definition) is 2. The summed E-state index contributed by atoms with van der Waals surface area (Å²) >= 11 is 0. The van der Waals surface area contributed by atoms with Crippen molar-refractivity contribution in [2.24, 2.45) is 5.92 Å². The van der Waals surface area contributed by atoms with E-state index < -0.39 is 0 Å². The van der Waals surface area contributed by atoms with Gasteiger partial charge in [0.25, 0.3) is 0 Å². The highest BCUT2D eigenvalue weighted by atomic mass is 16.2. The van der Waals surface area contributed by atoms with Crippen LogP contribution in [-0.4, -0.2) is 28.1 Å². The SMILES string of the molecule is O=C(CC1CCCCC1)NCC(=O)Nc1cnn(Cc2ccccc2)c1. The number of carbonyl (C=O) groups excluding carboxylic acids is 2. The lowest BCUT2D eigenvalue weighted by Gasteiger charge is -2.20. The van der Waals surface area contributed by atoms with Gasteiger partial charge in [0, 0.05) is 12.6 Å². The van der Waals surface area contributed by atoms with Crippen LogP contribution in [0.25, 0.3) is 0 Å². The lowest BCUT2D eigenvalue weighted by molar-refractivity contribution is -0.125. The van der Waals surface area contributed by atoms with E-state index in [2.05, 4.69) is 15.7 Å². The van der Waals surface area contributed by atoms with Crippen LogP contribution in [0, 0.1) is 5.92 Å². The van der Waals surface area contributed by atoms with Gasteiger partial charge in [0.05, 0.1) is 25.0 Å². The van der Waals surface area contributed by atoms with Gasteiger partial charge in [-0.15, -0.1) is 0 Å². The summed E-state index contributed by atoms with van der Waals surface area (Å²) in [6.07, 6.45) is 9.89. The molecule has 1 heterocycles. The van der Waals surface area contributed by atoms with E-state index in [0.29, 0.717) is 24.6 Å². The molecule has 0 bridgehead atoms. The minimum Gasteiger partial charge on any atom is -0.347 e. The summed E-state index contributed by atoms with van der Waals surface area (Å²) < 4.78 is 1.77. The first-order chi connectivity index (χ1) is 12.7. The molecule has 0 atom stereocenters. The molecule has 1 aliphatic rings. The molecule has 2 aromatic rings. The number of nitrogens with one attached hydrogen (secondary N) is 2. The molecule has 2 amide bonds. The number of hydrogen-bond acceptors (Lipinski definition) is 3. The molecule has 6 heteroatoms. The predicted octanol–water partition coefficient (Wildman–Crippen LogP) is 2.96. The number of rotatable bonds is 7. The Labute approximate surface area is 154 Å². The second kappa shape index (κ2) is 9.17. The Hall–Kier alpha value is -2.63. The Morgan fingerprint density at radius 2 is 1.85 bits per heavy atom. The second-order valence-electron chi connectivity index (χ2n) is 6.95. The zero-order valence-corrected chi connectivity index (χ0v) is 15.0. The quantitative estimate of drug-likeness (QED) is 0.803. The van der Waals surface area contributed by atoms with E-state index >= 15 is 0 Å². The van der Waals surface area contributed by atoms with E-state index in [1.807, 2.05) is 30.3 Å². The summed E-state index contributed by atoms with van der Waals surface area (Å²) in [4.78, 5) is 24.0. The van der Waals surface area contributed by atoms with Crippen LogP contribution in [0.1, 0.15) is 44.1 Å². The van der Waals surface area contributed by atoms with Crippen molar-refractivity contribution in [2.45, 2.75) is 45.1 Å². The Morgan fingerprint density at radius 1 is 1.08 bits per heavy atom. The molecule has 26 heavy (non-hydrogen) atoms. The number of nitrogens with zero attached hydrogens (tertiary/aromatic N) is 2. The third-order valence-corrected chi connectivity index (χ3v) is 4.75. The molecule has 0 unspecified atom stereocenters. The van der Waals surface area contributed by atoms with Crippen molar-refractivity contribution in [3.8, 4) is 0 Å². The molecule has 1 aromatic heterocycles. The molecule has 0 radical (unpaired) electrons. The van der Waals surface area contributed by atoms with Crippen molar-refractivity contribution < 1.29 is 9.59 Å². The average Bonchev–Trinajstić information content (AvgIpc) is 3.08. The van der Waals surface area contributed by atoms with Crippen LogP contribution in [-0.2, 0) is 16.1 Å². The highest BCUT2D eigenvalue weighted by molar-refractivity contribution is 5.94. The van der Waals surface area contributed by atoms with Crippen LogP contribution in [0.15, 0.2) is 42.7 Å². The summed E-state index contributed by atoms with van der Waals surface area (Å²) in [6, 6.07) is 10.00. The Kier molecular flexibility index (Phi) is 6.41. The third kappa shape index (κ3) is 5.72. The van der Waals surface area contributed by atoms with Gasteiger partial charge in [-0.25, -0.2) is 0 Å². The zero-order chi connectivity index (χ0) is 18.2. The van der Waals surface area contributed by atoms with Crippen molar-refractivity contribution >= 4 is 17.5 Å². The maximum absolute atomic E-state index is 12.0. The first-order valence-corrected chi connectivity index (χ1v) is 9.32. The highest BCUT2D eigenvalue weighted by Gasteiger charge is 2.17. The number of aromatic nitrogens is 2. The summed E-state index contributed by atoms with van der Waals surface area (Å²) in [5.41, 5.74) is 1.77. The van der Waals surface area contributed by atoms with Crippen LogP contribution in [0.5, 0.6) is 0 Å². The standard InChI is InChI=1S/C20H26N4O2/c25-19(11-16-7-3-1-4-8-16)21-13-20(26)23-18-12-22-24(15-18)14-17-9-5-2-6-10-17/h2,5-6,9-10,12,15-16H,1,3-4,7-8,11,13-14H2,(H,21,25)(H,23,26).